The zero-order chi connectivity index (χ0) is 21.4. The fraction of sp³-hybridized carbons (Fsp3) is 0.208. The van der Waals surface area contributed by atoms with Crippen molar-refractivity contribution in [1.29, 1.82) is 0 Å². The first-order valence-corrected chi connectivity index (χ1v) is 11.9. The Bertz CT molecular complexity index is 1090. The van der Waals surface area contributed by atoms with Gasteiger partial charge in [0.05, 0.1) is 12.3 Å². The molecule has 3 rings (SSSR count). The number of para-hydroxylation sites is 1. The highest BCUT2D eigenvalue weighted by Gasteiger charge is 2.10. The molecule has 0 aromatic heterocycles. The van der Waals surface area contributed by atoms with Crippen molar-refractivity contribution in [3.63, 3.8) is 0 Å². The number of hydrogen-bond acceptors (Lipinski definition) is 3. The Kier molecular flexibility index (Phi) is 7.25. The molecular formula is C24H27N3O2S. The molecule has 0 aliphatic carbocycles. The van der Waals surface area contributed by atoms with Gasteiger partial charge in [-0.2, -0.15) is 0 Å². The lowest BCUT2D eigenvalue weighted by Crippen LogP contribution is -2.31. The van der Waals surface area contributed by atoms with Crippen molar-refractivity contribution < 1.29 is 8.42 Å². The summed E-state index contributed by atoms with van der Waals surface area (Å²) in [6, 6.07) is 25.7. The second kappa shape index (κ2) is 10.1. The molecule has 3 aromatic carbocycles. The summed E-state index contributed by atoms with van der Waals surface area (Å²) in [6.45, 7) is 3.07. The number of guanidine groups is 1. The Morgan fingerprint density at radius 2 is 1.50 bits per heavy atom. The highest BCUT2D eigenvalue weighted by atomic mass is 32.2. The summed E-state index contributed by atoms with van der Waals surface area (Å²) in [5.41, 5.74) is 4.99. The van der Waals surface area contributed by atoms with E-state index in [1.165, 1.54) is 11.8 Å². The summed E-state index contributed by atoms with van der Waals surface area (Å²) in [5, 5.41) is 6.66. The zero-order valence-corrected chi connectivity index (χ0v) is 18.1. The number of sulfone groups is 1. The molecule has 0 bridgehead atoms. The van der Waals surface area contributed by atoms with Gasteiger partial charge in [0.25, 0.3) is 0 Å². The van der Waals surface area contributed by atoms with Crippen LogP contribution in [0.15, 0.2) is 83.9 Å². The number of nitrogens with zero attached hydrogens (tertiary/aromatic N) is 1. The van der Waals surface area contributed by atoms with Gasteiger partial charge in [0.1, 0.15) is 0 Å². The van der Waals surface area contributed by atoms with Crippen LogP contribution in [-0.4, -0.2) is 20.6 Å². The predicted molar refractivity (Wildman–Crippen MR) is 124 cm³/mol. The molecule has 0 unspecified atom stereocenters. The normalized spacial score (nSPS) is 11.9. The molecule has 2 N–H and O–H groups in total. The summed E-state index contributed by atoms with van der Waals surface area (Å²) >= 11 is 0. The van der Waals surface area contributed by atoms with Crippen molar-refractivity contribution >= 4 is 21.5 Å². The maximum atomic E-state index is 11.8. The molecule has 0 saturated carbocycles. The van der Waals surface area contributed by atoms with Crippen LogP contribution in [0.2, 0.25) is 0 Å². The second-order valence-corrected chi connectivity index (χ2v) is 9.47. The Morgan fingerprint density at radius 1 is 0.867 bits per heavy atom. The Balaban J connectivity index is 1.77. The van der Waals surface area contributed by atoms with Crippen LogP contribution in [0.1, 0.15) is 22.3 Å². The fourth-order valence-electron chi connectivity index (χ4n) is 2.99. The SMILES string of the molecule is Cc1ccc(CN=C(NCc2ccccc2CS(C)(=O)=O)Nc2ccccc2)cc1. The number of rotatable bonds is 7. The summed E-state index contributed by atoms with van der Waals surface area (Å²) in [5.74, 6) is 0.656. The van der Waals surface area contributed by atoms with Gasteiger partial charge in [-0.25, -0.2) is 13.4 Å². The van der Waals surface area contributed by atoms with Crippen molar-refractivity contribution in [2.45, 2.75) is 25.8 Å². The van der Waals surface area contributed by atoms with Gasteiger partial charge in [-0.15, -0.1) is 0 Å². The van der Waals surface area contributed by atoms with Gasteiger partial charge in [0, 0.05) is 18.5 Å². The Morgan fingerprint density at radius 3 is 2.17 bits per heavy atom. The summed E-state index contributed by atoms with van der Waals surface area (Å²) < 4.78 is 23.5. The molecule has 30 heavy (non-hydrogen) atoms. The van der Waals surface area contributed by atoms with E-state index in [-0.39, 0.29) is 5.75 Å². The molecular weight excluding hydrogens is 394 g/mol. The molecule has 5 nitrogen and oxygen atoms in total. The molecule has 0 aliphatic heterocycles. The van der Waals surface area contributed by atoms with Crippen molar-refractivity contribution in [1.82, 2.24) is 5.32 Å². The highest BCUT2D eigenvalue weighted by molar-refractivity contribution is 7.89. The number of aliphatic imine (C=N–C) groups is 1. The molecule has 0 radical (unpaired) electrons. The van der Waals surface area contributed by atoms with Crippen LogP contribution in [0, 0.1) is 6.92 Å². The minimum Gasteiger partial charge on any atom is -0.352 e. The predicted octanol–water partition coefficient (Wildman–Crippen LogP) is 4.30. The zero-order valence-electron chi connectivity index (χ0n) is 17.3. The van der Waals surface area contributed by atoms with Crippen LogP contribution in [0.5, 0.6) is 0 Å². The van der Waals surface area contributed by atoms with Crippen molar-refractivity contribution in [2.75, 3.05) is 11.6 Å². The number of aryl methyl sites for hydroxylation is 1. The molecule has 6 heteroatoms. The van der Waals surface area contributed by atoms with E-state index >= 15 is 0 Å². The smallest absolute Gasteiger partial charge is 0.196 e. The van der Waals surface area contributed by atoms with Gasteiger partial charge in [-0.3, -0.25) is 0 Å². The minimum atomic E-state index is -3.11. The molecule has 0 amide bonds. The van der Waals surface area contributed by atoms with Gasteiger partial charge in [-0.05, 0) is 35.7 Å². The Labute approximate surface area is 178 Å². The van der Waals surface area contributed by atoms with E-state index in [1.807, 2.05) is 54.6 Å². The third-order valence-corrected chi connectivity index (χ3v) is 5.39. The fourth-order valence-corrected chi connectivity index (χ4v) is 3.84. The van der Waals surface area contributed by atoms with E-state index in [1.54, 1.807) is 0 Å². The highest BCUT2D eigenvalue weighted by Crippen LogP contribution is 2.13. The minimum absolute atomic E-state index is 0.0206. The number of nitrogens with one attached hydrogen (secondary N) is 2. The molecule has 0 heterocycles. The van der Waals surface area contributed by atoms with Crippen LogP contribution in [0.25, 0.3) is 0 Å². The molecule has 0 atom stereocenters. The van der Waals surface area contributed by atoms with E-state index in [9.17, 15) is 8.42 Å². The third-order valence-electron chi connectivity index (χ3n) is 4.56. The topological polar surface area (TPSA) is 70.6 Å². The number of anilines is 1. The van der Waals surface area contributed by atoms with Crippen molar-refractivity contribution in [3.8, 4) is 0 Å². The molecule has 0 spiro atoms. The van der Waals surface area contributed by atoms with Crippen molar-refractivity contribution in [2.24, 2.45) is 4.99 Å². The quantitative estimate of drug-likeness (QED) is 0.441. The standard InChI is InChI=1S/C24H27N3O2S/c1-19-12-14-20(15-13-19)16-25-24(27-23-10-4-3-5-11-23)26-17-21-8-6-7-9-22(21)18-30(2,28)29/h3-15H,16-18H2,1-2H3,(H2,25,26,27). The summed E-state index contributed by atoms with van der Waals surface area (Å²) in [7, 11) is -3.11. The molecule has 0 saturated heterocycles. The maximum Gasteiger partial charge on any atom is 0.196 e. The summed E-state index contributed by atoms with van der Waals surface area (Å²) in [6.07, 6.45) is 1.25. The van der Waals surface area contributed by atoms with E-state index in [2.05, 4.69) is 41.8 Å². The van der Waals surface area contributed by atoms with Gasteiger partial charge in [0.2, 0.25) is 0 Å². The van der Waals surface area contributed by atoms with E-state index < -0.39 is 9.84 Å². The molecule has 3 aromatic rings. The number of benzene rings is 3. The first kappa shape index (κ1) is 21.6. The lowest BCUT2D eigenvalue weighted by atomic mass is 10.1. The lowest BCUT2D eigenvalue weighted by Gasteiger charge is -2.15. The van der Waals surface area contributed by atoms with Gasteiger partial charge in [0.15, 0.2) is 15.8 Å². The van der Waals surface area contributed by atoms with E-state index in [0.717, 1.165) is 22.4 Å². The van der Waals surface area contributed by atoms with Crippen LogP contribution < -0.4 is 10.6 Å². The van der Waals surface area contributed by atoms with Crippen LogP contribution in [0.4, 0.5) is 5.69 Å². The molecule has 156 valence electrons. The second-order valence-electron chi connectivity index (χ2n) is 7.33. The lowest BCUT2D eigenvalue weighted by molar-refractivity contribution is 0.601. The average molecular weight is 422 g/mol. The average Bonchev–Trinajstić information content (AvgIpc) is 2.72. The maximum absolute atomic E-state index is 11.8. The van der Waals surface area contributed by atoms with E-state index in [4.69, 9.17) is 4.99 Å². The first-order chi connectivity index (χ1) is 14.4. The first-order valence-electron chi connectivity index (χ1n) is 9.79. The van der Waals surface area contributed by atoms with Gasteiger partial charge < -0.3 is 10.6 Å². The van der Waals surface area contributed by atoms with Crippen LogP contribution >= 0.6 is 0 Å². The largest absolute Gasteiger partial charge is 0.352 e. The monoisotopic (exact) mass is 421 g/mol. The van der Waals surface area contributed by atoms with E-state index in [0.29, 0.717) is 19.0 Å². The third kappa shape index (κ3) is 7.04. The van der Waals surface area contributed by atoms with Gasteiger partial charge in [-0.1, -0.05) is 72.3 Å². The van der Waals surface area contributed by atoms with Crippen molar-refractivity contribution in [3.05, 3.63) is 101 Å². The van der Waals surface area contributed by atoms with Gasteiger partial charge >= 0.3 is 0 Å². The Hall–Kier alpha value is -3.12. The number of hydrogen-bond donors (Lipinski definition) is 2. The summed E-state index contributed by atoms with van der Waals surface area (Å²) in [4.78, 5) is 4.71. The molecule has 0 fully saturated rings. The molecule has 0 aliphatic rings. The van der Waals surface area contributed by atoms with Crippen LogP contribution in [-0.2, 0) is 28.7 Å². The van der Waals surface area contributed by atoms with Crippen LogP contribution in [0.3, 0.4) is 0 Å².